The van der Waals surface area contributed by atoms with Crippen LogP contribution in [0.4, 0.5) is 0 Å². The van der Waals surface area contributed by atoms with Crippen LogP contribution in [0.25, 0.3) is 0 Å². The van der Waals surface area contributed by atoms with Crippen molar-refractivity contribution >= 4 is 11.6 Å². The predicted molar refractivity (Wildman–Crippen MR) is 84.9 cm³/mol. The summed E-state index contributed by atoms with van der Waals surface area (Å²) in [5.74, 6) is 0. The molecule has 108 valence electrons. The second kappa shape index (κ2) is 9.35. The Morgan fingerprint density at radius 1 is 1.26 bits per heavy atom. The van der Waals surface area contributed by atoms with Gasteiger partial charge in [0, 0.05) is 11.1 Å². The molecule has 0 aromatic heterocycles. The lowest BCUT2D eigenvalue weighted by atomic mass is 10.0. The molecular weight excluding hydrogens is 256 g/mol. The number of nitrogens with one attached hydrogen (secondary N) is 1. The van der Waals surface area contributed by atoms with Crippen molar-refractivity contribution in [2.45, 2.75) is 39.2 Å². The molecule has 1 aromatic rings. The number of unbranched alkanes of at least 4 members (excludes halogenated alkanes) is 1. The highest BCUT2D eigenvalue weighted by Crippen LogP contribution is 2.20. The van der Waals surface area contributed by atoms with Crippen LogP contribution >= 0.6 is 11.6 Å². The first-order chi connectivity index (χ1) is 9.17. The van der Waals surface area contributed by atoms with Crippen molar-refractivity contribution in [3.05, 3.63) is 34.9 Å². The van der Waals surface area contributed by atoms with E-state index in [4.69, 9.17) is 11.6 Å². The molecule has 0 saturated heterocycles. The molecule has 0 amide bonds. The molecule has 0 bridgehead atoms. The fourth-order valence-electron chi connectivity index (χ4n) is 2.25. The van der Waals surface area contributed by atoms with Gasteiger partial charge in [-0.2, -0.15) is 0 Å². The zero-order chi connectivity index (χ0) is 14.1. The van der Waals surface area contributed by atoms with E-state index < -0.39 is 0 Å². The lowest BCUT2D eigenvalue weighted by Gasteiger charge is -2.22. The van der Waals surface area contributed by atoms with Crippen molar-refractivity contribution in [2.24, 2.45) is 0 Å². The van der Waals surface area contributed by atoms with Crippen LogP contribution in [0.15, 0.2) is 24.3 Å². The van der Waals surface area contributed by atoms with Crippen molar-refractivity contribution < 1.29 is 0 Å². The quantitative estimate of drug-likeness (QED) is 0.733. The number of benzene rings is 1. The van der Waals surface area contributed by atoms with Crippen molar-refractivity contribution in [3.63, 3.8) is 0 Å². The molecule has 0 aliphatic rings. The summed E-state index contributed by atoms with van der Waals surface area (Å²) in [6, 6.07) is 8.59. The lowest BCUT2D eigenvalue weighted by molar-refractivity contribution is 0.303. The molecule has 0 saturated carbocycles. The maximum absolute atomic E-state index is 6.08. The Morgan fingerprint density at radius 3 is 2.68 bits per heavy atom. The third kappa shape index (κ3) is 6.42. The molecule has 0 aliphatic heterocycles. The van der Waals surface area contributed by atoms with Gasteiger partial charge in [0.1, 0.15) is 0 Å². The van der Waals surface area contributed by atoms with Gasteiger partial charge >= 0.3 is 0 Å². The summed E-state index contributed by atoms with van der Waals surface area (Å²) in [5.41, 5.74) is 1.29. The van der Waals surface area contributed by atoms with Gasteiger partial charge in [-0.3, -0.25) is 0 Å². The Balaban J connectivity index is 2.53. The minimum Gasteiger partial charge on any atom is -0.310 e. The van der Waals surface area contributed by atoms with E-state index in [1.54, 1.807) is 0 Å². The third-order valence-corrected chi connectivity index (χ3v) is 3.63. The van der Waals surface area contributed by atoms with Crippen LogP contribution in [0.2, 0.25) is 5.02 Å². The van der Waals surface area contributed by atoms with Crippen molar-refractivity contribution in [2.75, 3.05) is 26.7 Å². The molecule has 1 aromatic carbocycles. The fraction of sp³-hybridized carbons (Fsp3) is 0.625. The van der Waals surface area contributed by atoms with Gasteiger partial charge in [-0.05, 0) is 57.2 Å². The van der Waals surface area contributed by atoms with E-state index in [1.165, 1.54) is 24.9 Å². The minimum atomic E-state index is 0.396. The summed E-state index contributed by atoms with van der Waals surface area (Å²) >= 11 is 6.08. The van der Waals surface area contributed by atoms with Crippen LogP contribution in [-0.2, 0) is 0 Å². The molecule has 0 heterocycles. The monoisotopic (exact) mass is 282 g/mol. The summed E-state index contributed by atoms with van der Waals surface area (Å²) in [7, 11) is 2.20. The number of halogens is 1. The highest BCUT2D eigenvalue weighted by molar-refractivity contribution is 6.30. The zero-order valence-corrected chi connectivity index (χ0v) is 13.2. The molecule has 1 rings (SSSR count). The van der Waals surface area contributed by atoms with Crippen molar-refractivity contribution in [1.29, 1.82) is 0 Å². The number of rotatable bonds is 9. The zero-order valence-electron chi connectivity index (χ0n) is 12.5. The maximum atomic E-state index is 6.08. The van der Waals surface area contributed by atoms with Gasteiger partial charge in [0.05, 0.1) is 0 Å². The first-order valence-electron chi connectivity index (χ1n) is 7.34. The molecule has 2 nitrogen and oxygen atoms in total. The van der Waals surface area contributed by atoms with Crippen LogP contribution in [0.5, 0.6) is 0 Å². The molecule has 3 heteroatoms. The highest BCUT2D eigenvalue weighted by Gasteiger charge is 2.11. The summed E-state index contributed by atoms with van der Waals surface area (Å²) in [6.45, 7) is 7.67. The van der Waals surface area contributed by atoms with E-state index in [0.29, 0.717) is 6.04 Å². The normalized spacial score (nSPS) is 12.9. The van der Waals surface area contributed by atoms with Gasteiger partial charge in [-0.1, -0.05) is 44.0 Å². The van der Waals surface area contributed by atoms with Crippen LogP contribution in [0.3, 0.4) is 0 Å². The van der Waals surface area contributed by atoms with Crippen LogP contribution in [0.1, 0.15) is 44.7 Å². The second-order valence-electron chi connectivity index (χ2n) is 5.11. The van der Waals surface area contributed by atoms with Gasteiger partial charge in [0.25, 0.3) is 0 Å². The SMILES string of the molecule is CCCCN(C)CCC(NCC)c1cccc(Cl)c1. The Kier molecular flexibility index (Phi) is 8.11. The number of hydrogen-bond acceptors (Lipinski definition) is 2. The van der Waals surface area contributed by atoms with Crippen LogP contribution < -0.4 is 5.32 Å². The standard InChI is InChI=1S/C16H27ClN2/c1-4-6-11-19(3)12-10-16(18-5-2)14-8-7-9-15(17)13-14/h7-9,13,16,18H,4-6,10-12H2,1-3H3. The molecule has 0 spiro atoms. The van der Waals surface area contributed by atoms with Gasteiger partial charge in [0.15, 0.2) is 0 Å². The van der Waals surface area contributed by atoms with E-state index in [9.17, 15) is 0 Å². The van der Waals surface area contributed by atoms with Gasteiger partial charge in [-0.15, -0.1) is 0 Å². The Morgan fingerprint density at radius 2 is 2.05 bits per heavy atom. The average molecular weight is 283 g/mol. The minimum absolute atomic E-state index is 0.396. The molecule has 0 aliphatic carbocycles. The predicted octanol–water partition coefficient (Wildman–Crippen LogP) is 4.11. The summed E-state index contributed by atoms with van der Waals surface area (Å²) < 4.78 is 0. The number of nitrogens with zero attached hydrogens (tertiary/aromatic N) is 1. The van der Waals surface area contributed by atoms with Gasteiger partial charge < -0.3 is 10.2 Å². The highest BCUT2D eigenvalue weighted by atomic mass is 35.5. The molecule has 19 heavy (non-hydrogen) atoms. The number of hydrogen-bond donors (Lipinski definition) is 1. The Hall–Kier alpha value is -0.570. The second-order valence-corrected chi connectivity index (χ2v) is 5.55. The summed E-state index contributed by atoms with van der Waals surface area (Å²) in [6.07, 6.45) is 3.66. The maximum Gasteiger partial charge on any atom is 0.0409 e. The van der Waals surface area contributed by atoms with Crippen molar-refractivity contribution in [3.8, 4) is 0 Å². The summed E-state index contributed by atoms with van der Waals surface area (Å²) in [5, 5.41) is 4.37. The van der Waals surface area contributed by atoms with Gasteiger partial charge in [0.2, 0.25) is 0 Å². The molecule has 0 radical (unpaired) electrons. The topological polar surface area (TPSA) is 15.3 Å². The lowest BCUT2D eigenvalue weighted by Crippen LogP contribution is -2.27. The Labute approximate surface area is 123 Å². The average Bonchev–Trinajstić information content (AvgIpc) is 2.41. The van der Waals surface area contributed by atoms with E-state index in [2.05, 4.69) is 43.2 Å². The largest absolute Gasteiger partial charge is 0.310 e. The molecule has 1 atom stereocenters. The molecule has 0 fully saturated rings. The first-order valence-corrected chi connectivity index (χ1v) is 7.72. The summed E-state index contributed by atoms with van der Waals surface area (Å²) in [4.78, 5) is 2.42. The fourth-order valence-corrected chi connectivity index (χ4v) is 2.44. The van der Waals surface area contributed by atoms with Gasteiger partial charge in [-0.25, -0.2) is 0 Å². The first kappa shape index (κ1) is 16.5. The molecular formula is C16H27ClN2. The Bertz CT molecular complexity index is 354. The van der Waals surface area contributed by atoms with E-state index >= 15 is 0 Å². The van der Waals surface area contributed by atoms with E-state index in [1.807, 2.05) is 12.1 Å². The third-order valence-electron chi connectivity index (χ3n) is 3.39. The van der Waals surface area contributed by atoms with E-state index in [0.717, 1.165) is 24.5 Å². The van der Waals surface area contributed by atoms with Crippen molar-refractivity contribution in [1.82, 2.24) is 10.2 Å². The molecule has 1 N–H and O–H groups in total. The van der Waals surface area contributed by atoms with Crippen LogP contribution in [-0.4, -0.2) is 31.6 Å². The molecule has 1 unspecified atom stereocenters. The smallest absolute Gasteiger partial charge is 0.0409 e. The van der Waals surface area contributed by atoms with E-state index in [-0.39, 0.29) is 0 Å². The van der Waals surface area contributed by atoms with Crippen LogP contribution in [0, 0.1) is 0 Å².